The molecule has 2 aromatic rings. The first-order chi connectivity index (χ1) is 31.6. The molecule has 3 rings (SSSR count). The molecule has 0 saturated heterocycles. The number of carbonyl (C=O) groups excluding carboxylic acids is 8. The summed E-state index contributed by atoms with van der Waals surface area (Å²) in [5, 5.41) is 17.1. The van der Waals surface area contributed by atoms with Gasteiger partial charge in [-0.25, -0.2) is 4.79 Å². The quantitative estimate of drug-likeness (QED) is 0.133. The lowest BCUT2D eigenvalue weighted by Gasteiger charge is -2.35. The number of fused-ring (bicyclic) bond motifs is 3. The Kier molecular flexibility index (Phi) is 19.4. The van der Waals surface area contributed by atoms with E-state index in [0.717, 1.165) is 46.8 Å². The van der Waals surface area contributed by atoms with E-state index in [1.165, 1.54) is 70.0 Å². The fourth-order valence-corrected chi connectivity index (χ4v) is 7.74. The number of hydrogen-bond donors (Lipinski definition) is 4. The highest BCUT2D eigenvalue weighted by molar-refractivity contribution is 6.02. The summed E-state index contributed by atoms with van der Waals surface area (Å²) in [7, 11) is 8.28. The lowest BCUT2D eigenvalue weighted by atomic mass is 9.98. The summed E-state index contributed by atoms with van der Waals surface area (Å²) in [6.07, 6.45) is 0.352. The van der Waals surface area contributed by atoms with Crippen LogP contribution in [0.5, 0.6) is 0 Å². The van der Waals surface area contributed by atoms with Crippen LogP contribution < -0.4 is 16.0 Å². The SMILES string of the molecule is CC(C)/C=C(\C(=O)N(C)[C@@H](C)C(=O)NCC(=O)NC(C)(C)C(=O)N(C)[C@@H](CC(=O)O)C(=O)N(C)C)N(C)C(=O)[C@H](CC(C)C)NC(=O)[C@H](C)N(C)C(=O)OCC1c2ccccc2-c2ccccc21. The minimum atomic E-state index is -1.63. The lowest BCUT2D eigenvalue weighted by molar-refractivity contribution is -0.151. The van der Waals surface area contributed by atoms with E-state index in [1.807, 2.05) is 62.4 Å². The van der Waals surface area contributed by atoms with Crippen LogP contribution in [0.3, 0.4) is 0 Å². The number of carboxylic acid groups (broad SMARTS) is 1. The molecule has 1 aliphatic carbocycles. The summed E-state index contributed by atoms with van der Waals surface area (Å²) in [6, 6.07) is 11.2. The number of benzene rings is 2. The van der Waals surface area contributed by atoms with Gasteiger partial charge in [-0.1, -0.05) is 82.3 Å². The molecule has 8 amide bonds. The molecule has 0 aromatic heterocycles. The highest BCUT2D eigenvalue weighted by atomic mass is 16.6. The van der Waals surface area contributed by atoms with Gasteiger partial charge < -0.3 is 45.4 Å². The van der Waals surface area contributed by atoms with Crippen molar-refractivity contribution < 1.29 is 53.0 Å². The average molecular weight is 947 g/mol. The van der Waals surface area contributed by atoms with E-state index in [2.05, 4.69) is 16.0 Å². The molecular weight excluding hydrogens is 877 g/mol. The Labute approximate surface area is 399 Å². The molecule has 0 aliphatic heterocycles. The van der Waals surface area contributed by atoms with Crippen LogP contribution >= 0.6 is 0 Å². The van der Waals surface area contributed by atoms with Gasteiger partial charge in [0, 0.05) is 48.2 Å². The zero-order valence-electron chi connectivity index (χ0n) is 41.8. The first-order valence-corrected chi connectivity index (χ1v) is 22.6. The Morgan fingerprint density at radius 1 is 0.735 bits per heavy atom. The largest absolute Gasteiger partial charge is 0.481 e. The standard InChI is InChI=1S/C49H70N8O11/c1-28(2)23-37(51-43(62)31(6)55(12)48(67)68-27-36-34-21-17-15-19-32(34)33-20-16-18-22-35(33)36)44(63)56(13)38(24-29(3)4)46(65)54(11)30(5)42(61)50-26-40(58)52-49(7,8)47(66)57(14)39(25-41(59)60)45(64)53(9)10/h15-22,24,28-31,36-37,39H,23,25-27H2,1-14H3,(H,50,61)(H,51,62)(H,52,58)(H,59,60)/b38-24+/t30-,31-,37-,39-/m0/s1. The number of likely N-dealkylation sites (N-methyl/N-ethyl adjacent to an activating group) is 5. The number of amides is 8. The van der Waals surface area contributed by atoms with E-state index in [9.17, 15) is 48.3 Å². The zero-order chi connectivity index (χ0) is 51.5. The number of nitrogens with one attached hydrogen (secondary N) is 3. The molecule has 0 spiro atoms. The summed E-state index contributed by atoms with van der Waals surface area (Å²) in [6.45, 7) is 12.4. The molecular formula is C49H70N8O11. The van der Waals surface area contributed by atoms with Crippen LogP contribution in [-0.2, 0) is 43.1 Å². The second kappa shape index (κ2) is 23.8. The van der Waals surface area contributed by atoms with Crippen LogP contribution in [0.15, 0.2) is 60.3 Å². The summed E-state index contributed by atoms with van der Waals surface area (Å²) >= 11 is 0. The van der Waals surface area contributed by atoms with Crippen molar-refractivity contribution in [1.82, 2.24) is 40.4 Å². The maximum Gasteiger partial charge on any atom is 0.410 e. The lowest BCUT2D eigenvalue weighted by Crippen LogP contribution is -2.60. The van der Waals surface area contributed by atoms with Crippen LogP contribution in [0.4, 0.5) is 4.79 Å². The third kappa shape index (κ3) is 13.9. The van der Waals surface area contributed by atoms with Crippen molar-refractivity contribution in [3.05, 3.63) is 71.4 Å². The molecule has 1 aliphatic rings. The number of carbonyl (C=O) groups is 9. The van der Waals surface area contributed by atoms with Gasteiger partial charge in [-0.15, -0.1) is 0 Å². The Bertz CT molecular complexity index is 2210. The monoisotopic (exact) mass is 947 g/mol. The van der Waals surface area contributed by atoms with E-state index < -0.39 is 96.1 Å². The average Bonchev–Trinajstić information content (AvgIpc) is 3.60. The van der Waals surface area contributed by atoms with Gasteiger partial charge in [0.25, 0.3) is 5.91 Å². The maximum atomic E-state index is 14.3. The van der Waals surface area contributed by atoms with Crippen LogP contribution in [0, 0.1) is 11.8 Å². The number of hydrogen-bond acceptors (Lipinski definition) is 10. The smallest absolute Gasteiger partial charge is 0.410 e. The Balaban J connectivity index is 1.67. The first-order valence-electron chi connectivity index (χ1n) is 22.6. The zero-order valence-corrected chi connectivity index (χ0v) is 41.8. The fraction of sp³-hybridized carbons (Fsp3) is 0.531. The van der Waals surface area contributed by atoms with Crippen LogP contribution in [0.2, 0.25) is 0 Å². The molecule has 19 heteroatoms. The Morgan fingerprint density at radius 2 is 1.26 bits per heavy atom. The minimum absolute atomic E-state index is 0.0496. The normalized spacial score (nSPS) is 14.0. The van der Waals surface area contributed by atoms with Crippen molar-refractivity contribution in [3.8, 4) is 11.1 Å². The van der Waals surface area contributed by atoms with Gasteiger partial charge in [-0.3, -0.25) is 43.3 Å². The maximum absolute atomic E-state index is 14.3. The number of ether oxygens (including phenoxy) is 1. The van der Waals surface area contributed by atoms with Gasteiger partial charge in [-0.2, -0.15) is 0 Å². The molecule has 0 saturated carbocycles. The van der Waals surface area contributed by atoms with E-state index >= 15 is 0 Å². The highest BCUT2D eigenvalue weighted by Crippen LogP contribution is 2.44. The van der Waals surface area contributed by atoms with Gasteiger partial charge in [0.2, 0.25) is 35.4 Å². The van der Waals surface area contributed by atoms with Crippen molar-refractivity contribution in [1.29, 1.82) is 0 Å². The molecule has 19 nitrogen and oxygen atoms in total. The van der Waals surface area contributed by atoms with Gasteiger partial charge in [-0.05, 0) is 68.2 Å². The van der Waals surface area contributed by atoms with Gasteiger partial charge >= 0.3 is 12.1 Å². The Morgan fingerprint density at radius 3 is 1.76 bits per heavy atom. The third-order valence-electron chi connectivity index (χ3n) is 11.9. The topological polar surface area (TPSA) is 235 Å². The number of aliphatic carboxylic acids is 1. The molecule has 2 aromatic carbocycles. The van der Waals surface area contributed by atoms with Crippen molar-refractivity contribution in [2.75, 3.05) is 55.4 Å². The van der Waals surface area contributed by atoms with Crippen LogP contribution in [-0.4, -0.2) is 168 Å². The molecule has 4 N–H and O–H groups in total. The summed E-state index contributed by atoms with van der Waals surface area (Å²) < 4.78 is 5.77. The highest BCUT2D eigenvalue weighted by Gasteiger charge is 2.40. The summed E-state index contributed by atoms with van der Waals surface area (Å²) in [5.74, 6) is -6.70. The number of carboxylic acids is 1. The number of allylic oxidation sites excluding steroid dienone is 1. The molecule has 68 heavy (non-hydrogen) atoms. The third-order valence-corrected chi connectivity index (χ3v) is 11.9. The number of rotatable bonds is 21. The van der Waals surface area contributed by atoms with Gasteiger partial charge in [0.05, 0.1) is 13.0 Å². The van der Waals surface area contributed by atoms with Crippen LogP contribution in [0.25, 0.3) is 11.1 Å². The second-order valence-electron chi connectivity index (χ2n) is 18.7. The molecule has 0 unspecified atom stereocenters. The molecule has 0 bridgehead atoms. The predicted octanol–water partition coefficient (Wildman–Crippen LogP) is 3.03. The summed E-state index contributed by atoms with van der Waals surface area (Å²) in [4.78, 5) is 125. The summed E-state index contributed by atoms with van der Waals surface area (Å²) in [5.41, 5.74) is 2.52. The molecule has 0 radical (unpaired) electrons. The molecule has 372 valence electrons. The second-order valence-corrected chi connectivity index (χ2v) is 18.7. The van der Waals surface area contributed by atoms with E-state index in [1.54, 1.807) is 19.9 Å². The van der Waals surface area contributed by atoms with Crippen molar-refractivity contribution >= 4 is 53.4 Å². The van der Waals surface area contributed by atoms with E-state index in [0.29, 0.717) is 0 Å². The van der Waals surface area contributed by atoms with Crippen molar-refractivity contribution in [3.63, 3.8) is 0 Å². The molecule has 0 heterocycles. The molecule has 0 fully saturated rings. The van der Waals surface area contributed by atoms with Crippen molar-refractivity contribution in [2.24, 2.45) is 11.8 Å². The van der Waals surface area contributed by atoms with E-state index in [-0.39, 0.29) is 36.5 Å². The predicted molar refractivity (Wildman–Crippen MR) is 254 cm³/mol. The van der Waals surface area contributed by atoms with Crippen LogP contribution in [0.1, 0.15) is 85.3 Å². The first kappa shape index (κ1) is 55.5. The minimum Gasteiger partial charge on any atom is -0.481 e. The molecule has 4 atom stereocenters. The van der Waals surface area contributed by atoms with Crippen molar-refractivity contribution in [2.45, 2.75) is 104 Å². The fourth-order valence-electron chi connectivity index (χ4n) is 7.74. The number of nitrogens with zero attached hydrogens (tertiary/aromatic N) is 5. The van der Waals surface area contributed by atoms with E-state index in [4.69, 9.17) is 4.74 Å². The van der Waals surface area contributed by atoms with Gasteiger partial charge in [0.1, 0.15) is 42.0 Å². The van der Waals surface area contributed by atoms with Gasteiger partial charge in [0.15, 0.2) is 0 Å². The Hall–Kier alpha value is -6.79.